The molecule has 0 spiro atoms. The minimum atomic E-state index is -0.671. The highest BCUT2D eigenvalue weighted by molar-refractivity contribution is 5.14. The molecule has 1 unspecified atom stereocenters. The van der Waals surface area contributed by atoms with Gasteiger partial charge < -0.3 is 10.2 Å². The average molecular weight is 170 g/mol. The van der Waals surface area contributed by atoms with Crippen LogP contribution in [0.4, 0.5) is 0 Å². The number of aliphatic hydroxyl groups is 2. The van der Waals surface area contributed by atoms with E-state index in [4.69, 9.17) is 0 Å². The Morgan fingerprint density at radius 2 is 1.58 bits per heavy atom. The lowest BCUT2D eigenvalue weighted by molar-refractivity contribution is -0.0917. The van der Waals surface area contributed by atoms with Gasteiger partial charge in [-0.15, -0.1) is 0 Å². The van der Waals surface area contributed by atoms with Crippen molar-refractivity contribution in [3.8, 4) is 0 Å². The summed E-state index contributed by atoms with van der Waals surface area (Å²) in [5.74, 6) is 0.412. The van der Waals surface area contributed by atoms with Crippen LogP contribution in [0.1, 0.15) is 33.6 Å². The molecular weight excluding hydrogens is 152 g/mol. The standard InChI is InChI=1S/C10H18O2/c1-9(2)6-4-5-7(8(6)11)10(9,3)12/h6-8,11-12H,4-5H2,1-3H3/t6-,7+,8?,10-/m1/s1. The van der Waals surface area contributed by atoms with Gasteiger partial charge >= 0.3 is 0 Å². The molecule has 70 valence electrons. The molecule has 2 heteroatoms. The Labute approximate surface area is 73.6 Å². The predicted octanol–water partition coefficient (Wildman–Crippen LogP) is 1.16. The first-order valence-electron chi connectivity index (χ1n) is 4.79. The molecule has 2 N–H and O–H groups in total. The fraction of sp³-hybridized carbons (Fsp3) is 1.00. The van der Waals surface area contributed by atoms with Crippen LogP contribution in [0, 0.1) is 17.3 Å². The number of rotatable bonds is 0. The van der Waals surface area contributed by atoms with Gasteiger partial charge in [-0.05, 0) is 31.1 Å². The predicted molar refractivity (Wildman–Crippen MR) is 46.6 cm³/mol. The van der Waals surface area contributed by atoms with Crippen molar-refractivity contribution in [3.63, 3.8) is 0 Å². The summed E-state index contributed by atoms with van der Waals surface area (Å²) in [6.45, 7) is 6.01. The van der Waals surface area contributed by atoms with Gasteiger partial charge in [0.15, 0.2) is 0 Å². The van der Waals surface area contributed by atoms with E-state index in [0.717, 1.165) is 12.8 Å². The van der Waals surface area contributed by atoms with Gasteiger partial charge in [0, 0.05) is 5.92 Å². The molecule has 2 nitrogen and oxygen atoms in total. The lowest BCUT2D eigenvalue weighted by Crippen LogP contribution is -2.46. The van der Waals surface area contributed by atoms with Gasteiger partial charge in [0.25, 0.3) is 0 Å². The summed E-state index contributed by atoms with van der Waals surface area (Å²) in [6.07, 6.45) is 1.80. The largest absolute Gasteiger partial charge is 0.392 e. The second kappa shape index (κ2) is 2.05. The number of hydrogen-bond donors (Lipinski definition) is 2. The van der Waals surface area contributed by atoms with Gasteiger partial charge in [-0.2, -0.15) is 0 Å². The molecule has 2 saturated carbocycles. The first-order valence-corrected chi connectivity index (χ1v) is 4.79. The van der Waals surface area contributed by atoms with E-state index in [1.54, 1.807) is 0 Å². The summed E-state index contributed by atoms with van der Waals surface area (Å²) < 4.78 is 0. The van der Waals surface area contributed by atoms with Gasteiger partial charge in [-0.3, -0.25) is 0 Å². The Morgan fingerprint density at radius 3 is 1.83 bits per heavy atom. The Kier molecular flexibility index (Phi) is 1.45. The van der Waals surface area contributed by atoms with E-state index < -0.39 is 5.60 Å². The first kappa shape index (κ1) is 8.52. The van der Waals surface area contributed by atoms with Gasteiger partial charge in [0.1, 0.15) is 0 Å². The fourth-order valence-electron chi connectivity index (χ4n) is 3.24. The third kappa shape index (κ3) is 0.686. The van der Waals surface area contributed by atoms with Crippen molar-refractivity contribution in [2.45, 2.75) is 45.3 Å². The monoisotopic (exact) mass is 170 g/mol. The molecule has 0 amide bonds. The summed E-state index contributed by atoms with van der Waals surface area (Å²) >= 11 is 0. The van der Waals surface area contributed by atoms with Crippen molar-refractivity contribution in [2.24, 2.45) is 17.3 Å². The van der Waals surface area contributed by atoms with E-state index in [9.17, 15) is 10.2 Å². The van der Waals surface area contributed by atoms with Crippen molar-refractivity contribution < 1.29 is 10.2 Å². The summed E-state index contributed by atoms with van der Waals surface area (Å²) in [5, 5.41) is 20.1. The average Bonchev–Trinajstić information content (AvgIpc) is 2.33. The van der Waals surface area contributed by atoms with Crippen molar-refractivity contribution in [1.82, 2.24) is 0 Å². The van der Waals surface area contributed by atoms with Crippen molar-refractivity contribution in [1.29, 1.82) is 0 Å². The smallest absolute Gasteiger partial charge is 0.0726 e. The molecule has 4 atom stereocenters. The molecule has 2 aliphatic carbocycles. The third-order valence-electron chi connectivity index (χ3n) is 4.57. The molecule has 0 aliphatic heterocycles. The fourth-order valence-corrected chi connectivity index (χ4v) is 3.24. The molecule has 0 heterocycles. The van der Waals surface area contributed by atoms with E-state index >= 15 is 0 Å². The van der Waals surface area contributed by atoms with Gasteiger partial charge in [0.05, 0.1) is 11.7 Å². The van der Waals surface area contributed by atoms with Crippen LogP contribution in [-0.2, 0) is 0 Å². The lowest BCUT2D eigenvalue weighted by Gasteiger charge is -2.43. The lowest BCUT2D eigenvalue weighted by atomic mass is 9.66. The highest BCUT2D eigenvalue weighted by Gasteiger charge is 2.64. The van der Waals surface area contributed by atoms with E-state index in [2.05, 4.69) is 13.8 Å². The van der Waals surface area contributed by atoms with Crippen LogP contribution >= 0.6 is 0 Å². The summed E-state index contributed by atoms with van der Waals surface area (Å²) in [7, 11) is 0. The van der Waals surface area contributed by atoms with Crippen molar-refractivity contribution in [3.05, 3.63) is 0 Å². The molecule has 12 heavy (non-hydrogen) atoms. The third-order valence-corrected chi connectivity index (χ3v) is 4.57. The zero-order valence-corrected chi connectivity index (χ0v) is 8.04. The van der Waals surface area contributed by atoms with Crippen LogP contribution in [-0.4, -0.2) is 21.9 Å². The normalized spacial score (nSPS) is 56.2. The maximum atomic E-state index is 10.2. The first-order chi connectivity index (χ1) is 5.39. The van der Waals surface area contributed by atoms with Crippen molar-refractivity contribution >= 4 is 0 Å². The number of hydrogen-bond acceptors (Lipinski definition) is 2. The van der Waals surface area contributed by atoms with Crippen LogP contribution < -0.4 is 0 Å². The minimum absolute atomic E-state index is 0.109. The maximum Gasteiger partial charge on any atom is 0.0726 e. The van der Waals surface area contributed by atoms with Crippen molar-refractivity contribution in [2.75, 3.05) is 0 Å². The topological polar surface area (TPSA) is 40.5 Å². The molecule has 0 radical (unpaired) electrons. The van der Waals surface area contributed by atoms with Gasteiger partial charge in [0.2, 0.25) is 0 Å². The Hall–Kier alpha value is -0.0800. The zero-order chi connectivity index (χ0) is 9.15. The van der Waals surface area contributed by atoms with E-state index in [0.29, 0.717) is 5.92 Å². The Balaban J connectivity index is 2.41. The Morgan fingerprint density at radius 1 is 1.08 bits per heavy atom. The molecule has 2 rings (SSSR count). The maximum absolute atomic E-state index is 10.2. The quantitative estimate of drug-likeness (QED) is 0.573. The molecule has 0 aromatic carbocycles. The SMILES string of the molecule is CC1(C)[C@@H]2CC[C@@H](C2O)[C@@]1(C)O. The van der Waals surface area contributed by atoms with Crippen LogP contribution in [0.5, 0.6) is 0 Å². The second-order valence-corrected chi connectivity index (χ2v) is 5.15. The van der Waals surface area contributed by atoms with Crippen LogP contribution in [0.3, 0.4) is 0 Å². The molecule has 2 bridgehead atoms. The summed E-state index contributed by atoms with van der Waals surface area (Å²) in [5.41, 5.74) is -0.787. The van der Waals surface area contributed by atoms with E-state index in [1.165, 1.54) is 0 Å². The highest BCUT2D eigenvalue weighted by atomic mass is 16.3. The van der Waals surface area contributed by atoms with E-state index in [-0.39, 0.29) is 17.4 Å². The van der Waals surface area contributed by atoms with Crippen LogP contribution in [0.2, 0.25) is 0 Å². The summed E-state index contributed by atoms with van der Waals surface area (Å²) in [6, 6.07) is 0. The van der Waals surface area contributed by atoms with Crippen LogP contribution in [0.15, 0.2) is 0 Å². The Bertz CT molecular complexity index is 186. The zero-order valence-electron chi connectivity index (χ0n) is 8.04. The van der Waals surface area contributed by atoms with Gasteiger partial charge in [-0.25, -0.2) is 0 Å². The molecule has 0 saturated heterocycles. The number of fused-ring (bicyclic) bond motifs is 2. The minimum Gasteiger partial charge on any atom is -0.392 e. The van der Waals surface area contributed by atoms with Gasteiger partial charge in [-0.1, -0.05) is 13.8 Å². The molecule has 2 fully saturated rings. The molecule has 0 aromatic rings. The number of aliphatic hydroxyl groups excluding tert-OH is 1. The highest BCUT2D eigenvalue weighted by Crippen LogP contribution is 2.61. The van der Waals surface area contributed by atoms with Crippen LogP contribution in [0.25, 0.3) is 0 Å². The molecular formula is C10H18O2. The summed E-state index contributed by atoms with van der Waals surface area (Å²) in [4.78, 5) is 0. The molecule has 2 aliphatic rings. The second-order valence-electron chi connectivity index (χ2n) is 5.15. The molecule has 0 aromatic heterocycles. The van der Waals surface area contributed by atoms with E-state index in [1.807, 2.05) is 6.92 Å².